The summed E-state index contributed by atoms with van der Waals surface area (Å²) in [5, 5.41) is 7.35. The number of nitrogens with two attached hydrogens (primary N) is 1. The molecule has 4 saturated carbocycles. The van der Waals surface area contributed by atoms with E-state index in [1.54, 1.807) is 20.8 Å². The number of urea groups is 1. The number of fused-ring (bicyclic) bond motifs is 1. The molecule has 1 saturated heterocycles. The summed E-state index contributed by atoms with van der Waals surface area (Å²) in [6, 6.07) is -6.61. The first-order chi connectivity index (χ1) is 21.7. The van der Waals surface area contributed by atoms with Crippen LogP contribution in [-0.4, -0.2) is 83.9 Å². The Labute approximate surface area is 271 Å². The van der Waals surface area contributed by atoms with E-state index < -0.39 is 76.7 Å². The zero-order valence-corrected chi connectivity index (χ0v) is 27.5. The van der Waals surface area contributed by atoms with Gasteiger partial charge in [-0.1, -0.05) is 47.5 Å². The van der Waals surface area contributed by atoms with Crippen molar-refractivity contribution in [1.82, 2.24) is 20.9 Å². The SMILES string of the molecule is CC(C)(C)[C@H](NC(=O)N[C@H](C(=O)OCC1CC1)C1(C(F)(F)F)CC1)C(=O)N1C[C@H]2[C@@H]([C@H]1C(=O)NC(CC1CC1)C(=O)C(N)=O)C2(C)C. The van der Waals surface area contributed by atoms with Gasteiger partial charge in [0.1, 0.15) is 18.1 Å². The standard InChI is InChI=1S/C32H46F3N5O7/c1-29(2,3)22(38-28(46)39-23(27(45)47-14-16-8-9-16)31(10-11-31)32(33,34)35)26(44)40-13-17-19(30(17,4)5)20(40)25(43)37-18(12-15-6-7-15)21(41)24(36)42/h15-20,22-23H,6-14H2,1-5H3,(H2,36,42)(H,37,43)(H2,38,39,46)/t17-,18?,19-,20-,22+,23+/m0/s1. The summed E-state index contributed by atoms with van der Waals surface area (Å²) < 4.78 is 47.5. The minimum Gasteiger partial charge on any atom is -0.464 e. The van der Waals surface area contributed by atoms with Gasteiger partial charge in [0.05, 0.1) is 18.1 Å². The number of nitrogens with zero attached hydrogens (tertiary/aromatic N) is 1. The molecule has 262 valence electrons. The van der Waals surface area contributed by atoms with Gasteiger partial charge in [-0.25, -0.2) is 9.59 Å². The van der Waals surface area contributed by atoms with Crippen LogP contribution in [0.25, 0.3) is 0 Å². The third-order valence-corrected chi connectivity index (χ3v) is 10.9. The van der Waals surface area contributed by atoms with Gasteiger partial charge in [0.25, 0.3) is 5.91 Å². The number of nitrogens with one attached hydrogen (secondary N) is 3. The number of ether oxygens (including phenoxy) is 1. The molecule has 1 heterocycles. The van der Waals surface area contributed by atoms with Gasteiger partial charge in [0.2, 0.25) is 17.6 Å². The first kappa shape index (κ1) is 34.9. The predicted molar refractivity (Wildman–Crippen MR) is 160 cm³/mol. The normalized spacial score (nSPS) is 27.4. The number of primary amides is 1. The lowest BCUT2D eigenvalue weighted by atomic mass is 9.85. The van der Waals surface area contributed by atoms with Crippen LogP contribution < -0.4 is 21.7 Å². The van der Waals surface area contributed by atoms with Crippen molar-refractivity contribution < 1.29 is 46.7 Å². The fourth-order valence-electron chi connectivity index (χ4n) is 7.14. The van der Waals surface area contributed by atoms with E-state index in [2.05, 4.69) is 16.0 Å². The lowest BCUT2D eigenvalue weighted by Crippen LogP contribution is -2.63. The van der Waals surface area contributed by atoms with Crippen molar-refractivity contribution in [1.29, 1.82) is 0 Å². The van der Waals surface area contributed by atoms with Crippen LogP contribution in [0.1, 0.15) is 79.6 Å². The topological polar surface area (TPSA) is 177 Å². The zero-order chi connectivity index (χ0) is 34.9. The van der Waals surface area contributed by atoms with Crippen molar-refractivity contribution in [3.8, 4) is 0 Å². The summed E-state index contributed by atoms with van der Waals surface area (Å²) in [5.41, 5.74) is 1.51. The molecule has 5 amide bonds. The molecule has 0 spiro atoms. The van der Waals surface area contributed by atoms with Crippen molar-refractivity contribution in [3.63, 3.8) is 0 Å². The second-order valence-electron chi connectivity index (χ2n) is 15.9. The molecule has 0 aromatic rings. The molecular formula is C32H46F3N5O7. The van der Waals surface area contributed by atoms with E-state index >= 15 is 0 Å². The Morgan fingerprint density at radius 2 is 1.53 bits per heavy atom. The summed E-state index contributed by atoms with van der Waals surface area (Å²) in [4.78, 5) is 79.9. The molecule has 5 N–H and O–H groups in total. The van der Waals surface area contributed by atoms with Crippen LogP contribution in [-0.2, 0) is 28.7 Å². The van der Waals surface area contributed by atoms with Crippen LogP contribution in [0.5, 0.6) is 0 Å². The van der Waals surface area contributed by atoms with Crippen LogP contribution in [0, 0.1) is 39.9 Å². The number of piperidine rings is 1. The smallest absolute Gasteiger partial charge is 0.397 e. The number of hydrogen-bond acceptors (Lipinski definition) is 7. The van der Waals surface area contributed by atoms with Gasteiger partial charge in [-0.2, -0.15) is 13.2 Å². The van der Waals surface area contributed by atoms with Crippen molar-refractivity contribution >= 4 is 35.5 Å². The van der Waals surface area contributed by atoms with E-state index in [4.69, 9.17) is 10.5 Å². The molecule has 0 radical (unpaired) electrons. The Balaban J connectivity index is 1.33. The number of carbonyl (C=O) groups excluding carboxylic acids is 6. The average molecular weight is 670 g/mol. The van der Waals surface area contributed by atoms with E-state index in [0.29, 0.717) is 0 Å². The van der Waals surface area contributed by atoms with Gasteiger partial charge in [-0.15, -0.1) is 0 Å². The Kier molecular flexibility index (Phi) is 8.87. The maximum atomic E-state index is 14.2. The molecule has 47 heavy (non-hydrogen) atoms. The highest BCUT2D eigenvalue weighted by Gasteiger charge is 2.71. The monoisotopic (exact) mass is 669 g/mol. The van der Waals surface area contributed by atoms with Crippen molar-refractivity contribution in [2.24, 2.45) is 45.7 Å². The highest BCUT2D eigenvalue weighted by molar-refractivity contribution is 6.37. The largest absolute Gasteiger partial charge is 0.464 e. The Bertz CT molecular complexity index is 1330. The third kappa shape index (κ3) is 7.08. The number of Topliss-reactive ketones (excluding diaryl/α,β-unsaturated/α-hetero) is 1. The average Bonchev–Trinajstić information content (AvgIpc) is 3.78. The molecule has 0 bridgehead atoms. The minimum atomic E-state index is -4.78. The van der Waals surface area contributed by atoms with E-state index in [9.17, 15) is 41.9 Å². The third-order valence-electron chi connectivity index (χ3n) is 10.9. The molecule has 15 heteroatoms. The van der Waals surface area contributed by atoms with E-state index in [-0.39, 0.29) is 61.5 Å². The summed E-state index contributed by atoms with van der Waals surface area (Å²) in [5.74, 6) is -4.58. The zero-order valence-electron chi connectivity index (χ0n) is 27.5. The molecular weight excluding hydrogens is 623 g/mol. The van der Waals surface area contributed by atoms with Gasteiger partial charge in [0.15, 0.2) is 0 Å². The minimum absolute atomic E-state index is 0.0285. The van der Waals surface area contributed by atoms with Crippen LogP contribution in [0.15, 0.2) is 0 Å². The first-order valence-electron chi connectivity index (χ1n) is 16.4. The summed E-state index contributed by atoms with van der Waals surface area (Å²) in [7, 11) is 0. The van der Waals surface area contributed by atoms with Crippen molar-refractivity contribution in [2.45, 2.75) is 110 Å². The molecule has 1 aliphatic heterocycles. The Hall–Kier alpha value is -3.39. The number of alkyl halides is 3. The quantitative estimate of drug-likeness (QED) is 0.172. The highest BCUT2D eigenvalue weighted by atomic mass is 19.4. The van der Waals surface area contributed by atoms with Gasteiger partial charge in [-0.05, 0) is 66.6 Å². The van der Waals surface area contributed by atoms with Crippen molar-refractivity contribution in [2.75, 3.05) is 13.2 Å². The number of likely N-dealkylation sites (tertiary alicyclic amines) is 1. The number of ketones is 1. The van der Waals surface area contributed by atoms with Gasteiger partial charge >= 0.3 is 18.2 Å². The molecule has 1 unspecified atom stereocenters. The fourth-order valence-corrected chi connectivity index (χ4v) is 7.14. The number of esters is 1. The van der Waals surface area contributed by atoms with Crippen LogP contribution in [0.3, 0.4) is 0 Å². The summed E-state index contributed by atoms with van der Waals surface area (Å²) >= 11 is 0. The van der Waals surface area contributed by atoms with Gasteiger partial charge < -0.3 is 31.3 Å². The molecule has 0 aromatic carbocycles. The van der Waals surface area contributed by atoms with E-state index in [0.717, 1.165) is 25.7 Å². The number of amides is 5. The molecule has 6 atom stereocenters. The molecule has 5 fully saturated rings. The van der Waals surface area contributed by atoms with Crippen molar-refractivity contribution in [3.05, 3.63) is 0 Å². The molecule has 0 aromatic heterocycles. The number of halogens is 3. The maximum absolute atomic E-state index is 14.2. The molecule has 5 aliphatic rings. The van der Waals surface area contributed by atoms with E-state index in [1.807, 2.05) is 13.8 Å². The lowest BCUT2D eigenvalue weighted by molar-refractivity contribution is -0.202. The maximum Gasteiger partial charge on any atom is 0.397 e. The molecule has 4 aliphatic carbocycles. The number of rotatable bonds is 13. The lowest BCUT2D eigenvalue weighted by Gasteiger charge is -2.38. The second-order valence-corrected chi connectivity index (χ2v) is 15.9. The first-order valence-corrected chi connectivity index (χ1v) is 16.4. The summed E-state index contributed by atoms with van der Waals surface area (Å²) in [6.45, 7) is 9.04. The molecule has 12 nitrogen and oxygen atoms in total. The van der Waals surface area contributed by atoms with Crippen LogP contribution in [0.4, 0.5) is 18.0 Å². The highest BCUT2D eigenvalue weighted by Crippen LogP contribution is 2.65. The predicted octanol–water partition coefficient (Wildman–Crippen LogP) is 2.19. The molecule has 5 rings (SSSR count). The van der Waals surface area contributed by atoms with E-state index in [1.165, 1.54) is 4.90 Å². The second kappa shape index (κ2) is 11.9. The number of carbonyl (C=O) groups is 6. The Morgan fingerprint density at radius 3 is 2.02 bits per heavy atom. The van der Waals surface area contributed by atoms with Crippen LogP contribution in [0.2, 0.25) is 0 Å². The van der Waals surface area contributed by atoms with Gasteiger partial charge in [0, 0.05) is 6.54 Å². The van der Waals surface area contributed by atoms with Gasteiger partial charge in [-0.3, -0.25) is 19.2 Å². The summed E-state index contributed by atoms with van der Waals surface area (Å²) in [6.07, 6.45) is -1.91. The Morgan fingerprint density at radius 1 is 0.936 bits per heavy atom. The van der Waals surface area contributed by atoms with Crippen LogP contribution >= 0.6 is 0 Å². The fraction of sp³-hybridized carbons (Fsp3) is 0.812. The number of hydrogen-bond donors (Lipinski definition) is 4.